The Kier molecular flexibility index (Phi) is 8.92. The van der Waals surface area contributed by atoms with Gasteiger partial charge in [0.25, 0.3) is 5.91 Å². The summed E-state index contributed by atoms with van der Waals surface area (Å²) in [6.45, 7) is 7.43. The number of hydrogen-bond donors (Lipinski definition) is 0. The van der Waals surface area contributed by atoms with Gasteiger partial charge < -0.3 is 9.80 Å². The molecule has 0 saturated heterocycles. The molecule has 8 heteroatoms. The van der Waals surface area contributed by atoms with Gasteiger partial charge in [-0.05, 0) is 64.3 Å². The quantitative estimate of drug-likeness (QED) is 0.443. The van der Waals surface area contributed by atoms with Crippen LogP contribution in [0.25, 0.3) is 10.2 Å². The van der Waals surface area contributed by atoms with Gasteiger partial charge in [0.1, 0.15) is 5.52 Å². The van der Waals surface area contributed by atoms with Crippen LogP contribution in [-0.2, 0) is 0 Å². The van der Waals surface area contributed by atoms with Gasteiger partial charge in [0.2, 0.25) is 0 Å². The molecule has 30 heavy (non-hydrogen) atoms. The maximum absolute atomic E-state index is 13.4. The number of likely N-dealkylation sites (N-methyl/N-ethyl adjacent to an activating group) is 1. The number of nitrogens with zero attached hydrogens (tertiary/aromatic N) is 4. The van der Waals surface area contributed by atoms with Crippen LogP contribution in [0.2, 0.25) is 5.02 Å². The number of hydrogen-bond acceptors (Lipinski definition) is 5. The lowest BCUT2D eigenvalue weighted by Gasteiger charge is -2.23. The number of rotatable bonds is 8. The van der Waals surface area contributed by atoms with Crippen molar-refractivity contribution in [2.24, 2.45) is 0 Å². The number of fused-ring (bicyclic) bond motifs is 1. The number of thiazole rings is 1. The van der Waals surface area contributed by atoms with Gasteiger partial charge in [-0.3, -0.25) is 9.69 Å². The van der Waals surface area contributed by atoms with Crippen molar-refractivity contribution in [1.29, 1.82) is 0 Å². The molecule has 0 aliphatic rings. The Labute approximate surface area is 193 Å². The lowest BCUT2D eigenvalue weighted by molar-refractivity contribution is 0.0985. The first-order valence-corrected chi connectivity index (χ1v) is 11.0. The SMILES string of the molecule is CCN(CC)c1ccc(C(=O)N(CCN(C)C)c2nc3c(Cl)cccc3s2)cc1.Cl. The highest BCUT2D eigenvalue weighted by atomic mass is 35.5. The average Bonchev–Trinajstić information content (AvgIpc) is 3.14. The van der Waals surface area contributed by atoms with E-state index < -0.39 is 0 Å². The van der Waals surface area contributed by atoms with Crippen molar-refractivity contribution in [3.8, 4) is 0 Å². The van der Waals surface area contributed by atoms with Crippen LogP contribution >= 0.6 is 35.3 Å². The number of aromatic nitrogens is 1. The fraction of sp³-hybridized carbons (Fsp3) is 0.364. The second-order valence-electron chi connectivity index (χ2n) is 7.06. The topological polar surface area (TPSA) is 39.7 Å². The molecule has 0 aliphatic heterocycles. The highest BCUT2D eigenvalue weighted by Gasteiger charge is 2.22. The lowest BCUT2D eigenvalue weighted by Crippen LogP contribution is -2.36. The van der Waals surface area contributed by atoms with Crippen molar-refractivity contribution < 1.29 is 4.79 Å². The molecular weight excluding hydrogens is 439 g/mol. The minimum Gasteiger partial charge on any atom is -0.372 e. The minimum absolute atomic E-state index is 0. The van der Waals surface area contributed by atoms with Crippen molar-refractivity contribution in [3.63, 3.8) is 0 Å². The Hall–Kier alpha value is -1.86. The standard InChI is InChI=1S/C22H27ClN4OS.ClH/c1-5-26(6-2)17-12-10-16(11-13-17)21(28)27(15-14-25(3)4)22-24-20-18(23)8-7-9-19(20)29-22;/h7-13H,5-6,14-15H2,1-4H3;1H. The summed E-state index contributed by atoms with van der Waals surface area (Å²) in [5.41, 5.74) is 2.52. The van der Waals surface area contributed by atoms with Gasteiger partial charge in [0.05, 0.1) is 9.72 Å². The molecule has 0 spiro atoms. The van der Waals surface area contributed by atoms with Crippen LogP contribution < -0.4 is 9.80 Å². The molecule has 1 heterocycles. The van der Waals surface area contributed by atoms with Crippen LogP contribution in [0, 0.1) is 0 Å². The van der Waals surface area contributed by atoms with Gasteiger partial charge in [-0.15, -0.1) is 12.4 Å². The molecule has 1 amide bonds. The van der Waals surface area contributed by atoms with Crippen LogP contribution in [0.15, 0.2) is 42.5 Å². The Morgan fingerprint density at radius 1 is 1.03 bits per heavy atom. The molecule has 0 fully saturated rings. The number of halogens is 2. The van der Waals surface area contributed by atoms with Crippen LogP contribution in [0.3, 0.4) is 0 Å². The number of benzene rings is 2. The molecule has 3 rings (SSSR count). The van der Waals surface area contributed by atoms with Gasteiger partial charge in [0.15, 0.2) is 5.13 Å². The Morgan fingerprint density at radius 3 is 2.27 bits per heavy atom. The molecule has 0 bridgehead atoms. The molecule has 5 nitrogen and oxygen atoms in total. The zero-order valence-corrected chi connectivity index (χ0v) is 20.2. The van der Waals surface area contributed by atoms with Gasteiger partial charge in [-0.1, -0.05) is 29.0 Å². The molecule has 0 atom stereocenters. The van der Waals surface area contributed by atoms with E-state index in [0.717, 1.165) is 35.5 Å². The predicted octanol–water partition coefficient (Wildman–Crippen LogP) is 5.43. The number of anilines is 2. The second kappa shape index (κ2) is 11.0. The molecular formula is C22H28Cl2N4OS. The van der Waals surface area contributed by atoms with E-state index in [2.05, 4.69) is 28.6 Å². The molecule has 2 aromatic carbocycles. The van der Waals surface area contributed by atoms with Crippen LogP contribution in [-0.4, -0.2) is 56.1 Å². The van der Waals surface area contributed by atoms with Crippen LogP contribution in [0.4, 0.5) is 10.8 Å². The molecule has 0 radical (unpaired) electrons. The fourth-order valence-corrected chi connectivity index (χ4v) is 4.45. The summed E-state index contributed by atoms with van der Waals surface area (Å²) in [6, 6.07) is 13.5. The Balaban J connectivity index is 0.00000320. The average molecular weight is 467 g/mol. The van der Waals surface area contributed by atoms with E-state index in [1.807, 2.05) is 56.6 Å². The summed E-state index contributed by atoms with van der Waals surface area (Å²) in [6.07, 6.45) is 0. The maximum Gasteiger partial charge on any atom is 0.260 e. The van der Waals surface area contributed by atoms with E-state index in [0.29, 0.717) is 22.3 Å². The molecule has 0 unspecified atom stereocenters. The lowest BCUT2D eigenvalue weighted by atomic mass is 10.1. The first kappa shape index (κ1) is 24.4. The second-order valence-corrected chi connectivity index (χ2v) is 8.48. The highest BCUT2D eigenvalue weighted by molar-refractivity contribution is 7.22. The largest absolute Gasteiger partial charge is 0.372 e. The zero-order valence-electron chi connectivity index (χ0n) is 17.8. The third-order valence-corrected chi connectivity index (χ3v) is 6.20. The summed E-state index contributed by atoms with van der Waals surface area (Å²) >= 11 is 7.79. The fourth-order valence-electron chi connectivity index (χ4n) is 3.16. The molecule has 0 N–H and O–H groups in total. The number of para-hydroxylation sites is 1. The van der Waals surface area contributed by atoms with Crippen molar-refractivity contribution in [3.05, 3.63) is 53.1 Å². The zero-order chi connectivity index (χ0) is 21.0. The van der Waals surface area contributed by atoms with Crippen molar-refractivity contribution >= 4 is 62.3 Å². The number of amides is 1. The maximum atomic E-state index is 13.4. The number of carbonyl (C=O) groups is 1. The highest BCUT2D eigenvalue weighted by Crippen LogP contribution is 2.33. The summed E-state index contributed by atoms with van der Waals surface area (Å²) in [5.74, 6) is -0.0480. The summed E-state index contributed by atoms with van der Waals surface area (Å²) in [5, 5.41) is 1.28. The minimum atomic E-state index is -0.0480. The van der Waals surface area contributed by atoms with Crippen LogP contribution in [0.5, 0.6) is 0 Å². The molecule has 1 aromatic heterocycles. The van der Waals surface area contributed by atoms with Crippen molar-refractivity contribution in [2.75, 3.05) is 50.1 Å². The summed E-state index contributed by atoms with van der Waals surface area (Å²) < 4.78 is 0.979. The van der Waals surface area contributed by atoms with E-state index in [1.165, 1.54) is 11.3 Å². The predicted molar refractivity (Wildman–Crippen MR) is 132 cm³/mol. The van der Waals surface area contributed by atoms with E-state index in [1.54, 1.807) is 4.90 Å². The first-order valence-electron chi connectivity index (χ1n) is 9.81. The van der Waals surface area contributed by atoms with Gasteiger partial charge in [-0.2, -0.15) is 0 Å². The first-order chi connectivity index (χ1) is 13.9. The third-order valence-electron chi connectivity index (χ3n) is 4.85. The molecule has 0 aliphatic carbocycles. The Bertz CT molecular complexity index is 971. The Morgan fingerprint density at radius 2 is 1.70 bits per heavy atom. The van der Waals surface area contributed by atoms with Crippen molar-refractivity contribution in [1.82, 2.24) is 9.88 Å². The number of carbonyl (C=O) groups excluding carboxylic acids is 1. The van der Waals surface area contributed by atoms with Crippen molar-refractivity contribution in [2.45, 2.75) is 13.8 Å². The third kappa shape index (κ3) is 5.43. The van der Waals surface area contributed by atoms with Gasteiger partial charge in [0, 0.05) is 37.4 Å². The van der Waals surface area contributed by atoms with E-state index in [-0.39, 0.29) is 18.3 Å². The monoisotopic (exact) mass is 466 g/mol. The normalized spacial score (nSPS) is 10.9. The summed E-state index contributed by atoms with van der Waals surface area (Å²) in [4.78, 5) is 24.1. The van der Waals surface area contributed by atoms with E-state index in [9.17, 15) is 4.79 Å². The molecule has 162 valence electrons. The van der Waals surface area contributed by atoms with Gasteiger partial charge in [-0.25, -0.2) is 4.98 Å². The van der Waals surface area contributed by atoms with Crippen LogP contribution in [0.1, 0.15) is 24.2 Å². The molecule has 0 saturated carbocycles. The van der Waals surface area contributed by atoms with E-state index in [4.69, 9.17) is 11.6 Å². The van der Waals surface area contributed by atoms with Gasteiger partial charge >= 0.3 is 0 Å². The molecule has 3 aromatic rings. The smallest absolute Gasteiger partial charge is 0.260 e. The van der Waals surface area contributed by atoms with E-state index >= 15 is 0 Å². The summed E-state index contributed by atoms with van der Waals surface area (Å²) in [7, 11) is 3.99.